The highest BCUT2D eigenvalue weighted by atomic mass is 16.6. The minimum absolute atomic E-state index is 0.0681. The number of nitrogens with zero attached hydrogens (tertiary/aromatic N) is 4. The van der Waals surface area contributed by atoms with Crippen molar-refractivity contribution in [3.8, 4) is 22.7 Å². The number of hydrogen-bond donors (Lipinski definition) is 3. The summed E-state index contributed by atoms with van der Waals surface area (Å²) in [6.45, 7) is 0.251. The van der Waals surface area contributed by atoms with Crippen LogP contribution < -0.4 is 16.2 Å². The largest absolute Gasteiger partial charge is 0.490 e. The van der Waals surface area contributed by atoms with Crippen LogP contribution in [0.25, 0.3) is 16.9 Å². The van der Waals surface area contributed by atoms with Gasteiger partial charge in [-0.2, -0.15) is 10.2 Å². The highest BCUT2D eigenvalue weighted by Crippen LogP contribution is 2.24. The fourth-order valence-electron chi connectivity index (χ4n) is 2.03. The van der Waals surface area contributed by atoms with Crippen LogP contribution >= 0.6 is 0 Å². The first-order valence-electron chi connectivity index (χ1n) is 6.99. The number of ether oxygens (including phenoxy) is 2. The van der Waals surface area contributed by atoms with Gasteiger partial charge in [0.05, 0.1) is 12.4 Å². The van der Waals surface area contributed by atoms with Crippen molar-refractivity contribution in [1.29, 1.82) is 0 Å². The second kappa shape index (κ2) is 6.69. The summed E-state index contributed by atoms with van der Waals surface area (Å²) >= 11 is 0. The van der Waals surface area contributed by atoms with Gasteiger partial charge >= 0.3 is 6.09 Å². The number of hydrogen-bond acceptors (Lipinski definition) is 7. The van der Waals surface area contributed by atoms with Gasteiger partial charge in [-0.25, -0.2) is 14.5 Å². The summed E-state index contributed by atoms with van der Waals surface area (Å²) in [6.07, 6.45) is 5.83. The molecule has 24 heavy (non-hydrogen) atoms. The van der Waals surface area contributed by atoms with Crippen LogP contribution in [0.4, 0.5) is 10.6 Å². The van der Waals surface area contributed by atoms with E-state index in [0.29, 0.717) is 17.4 Å². The number of aromatic nitrogens is 5. The van der Waals surface area contributed by atoms with E-state index in [2.05, 4.69) is 25.0 Å². The predicted molar refractivity (Wildman–Crippen MR) is 84.4 cm³/mol. The van der Waals surface area contributed by atoms with Gasteiger partial charge in [0.2, 0.25) is 0 Å². The first-order chi connectivity index (χ1) is 11.6. The molecule has 3 aromatic heterocycles. The zero-order valence-corrected chi connectivity index (χ0v) is 12.5. The monoisotopic (exact) mass is 329 g/mol. The molecule has 0 unspecified atom stereocenters. The molecule has 3 heterocycles. The Morgan fingerprint density at radius 3 is 2.96 bits per heavy atom. The summed E-state index contributed by atoms with van der Waals surface area (Å²) < 4.78 is 11.7. The summed E-state index contributed by atoms with van der Waals surface area (Å²) in [5, 5.41) is 10.8. The molecular formula is C14H15N7O3. The number of carbonyl (C=O) groups is 1. The lowest BCUT2D eigenvalue weighted by atomic mass is 10.2. The summed E-state index contributed by atoms with van der Waals surface area (Å²) in [6, 6.07) is 3.39. The zero-order chi connectivity index (χ0) is 16.9. The molecule has 0 atom stereocenters. The minimum atomic E-state index is -0.836. The summed E-state index contributed by atoms with van der Waals surface area (Å²) in [7, 11) is 0. The van der Waals surface area contributed by atoms with Gasteiger partial charge in [-0.15, -0.1) is 0 Å². The van der Waals surface area contributed by atoms with E-state index in [9.17, 15) is 4.79 Å². The van der Waals surface area contributed by atoms with Gasteiger partial charge in [-0.1, -0.05) is 0 Å². The molecule has 1 amide bonds. The van der Waals surface area contributed by atoms with Crippen LogP contribution in [0.15, 0.2) is 36.9 Å². The minimum Gasteiger partial charge on any atom is -0.490 e. The SMILES string of the molecule is NC(=O)OCCOc1ccnc(-n2cc(-c3cn[nH]c3N)cn2)c1. The molecule has 0 fully saturated rings. The van der Waals surface area contributed by atoms with Crippen LogP contribution in [-0.2, 0) is 4.74 Å². The Morgan fingerprint density at radius 1 is 1.33 bits per heavy atom. The molecule has 0 aromatic carbocycles. The number of nitrogens with two attached hydrogens (primary N) is 2. The van der Waals surface area contributed by atoms with E-state index in [1.54, 1.807) is 41.6 Å². The number of pyridine rings is 1. The van der Waals surface area contributed by atoms with Crippen molar-refractivity contribution in [2.75, 3.05) is 18.9 Å². The van der Waals surface area contributed by atoms with Crippen molar-refractivity contribution in [3.63, 3.8) is 0 Å². The molecule has 0 aliphatic rings. The fourth-order valence-corrected chi connectivity index (χ4v) is 2.03. The van der Waals surface area contributed by atoms with Crippen molar-refractivity contribution < 1.29 is 14.3 Å². The van der Waals surface area contributed by atoms with Crippen LogP contribution in [0.3, 0.4) is 0 Å². The molecule has 0 saturated carbocycles. The lowest BCUT2D eigenvalue weighted by Gasteiger charge is -2.07. The first-order valence-corrected chi connectivity index (χ1v) is 6.99. The molecule has 3 rings (SSSR count). The quantitative estimate of drug-likeness (QED) is 0.564. The van der Waals surface area contributed by atoms with Crippen molar-refractivity contribution in [2.24, 2.45) is 5.73 Å². The van der Waals surface area contributed by atoms with Gasteiger partial charge < -0.3 is 20.9 Å². The van der Waals surface area contributed by atoms with Gasteiger partial charge in [0.25, 0.3) is 0 Å². The number of carbonyl (C=O) groups excluding carboxylic acids is 1. The Bertz CT molecular complexity index is 842. The molecule has 0 aliphatic heterocycles. The molecular weight excluding hydrogens is 314 g/mol. The maximum atomic E-state index is 10.5. The van der Waals surface area contributed by atoms with Crippen LogP contribution in [0.2, 0.25) is 0 Å². The fraction of sp³-hybridized carbons (Fsp3) is 0.143. The van der Waals surface area contributed by atoms with E-state index in [1.807, 2.05) is 0 Å². The summed E-state index contributed by atoms with van der Waals surface area (Å²) in [4.78, 5) is 14.7. The van der Waals surface area contributed by atoms with Crippen LogP contribution in [-0.4, -0.2) is 44.3 Å². The lowest BCUT2D eigenvalue weighted by molar-refractivity contribution is 0.134. The standard InChI is InChI=1S/C14H15N7O3/c15-13-11(7-18-20-13)9-6-19-21(8-9)12-5-10(1-2-17-12)23-3-4-24-14(16)22/h1-2,5-8H,3-4H2,(H2,16,22)(H3,15,18,20). The number of nitrogens with one attached hydrogen (secondary N) is 1. The van der Waals surface area contributed by atoms with E-state index in [-0.39, 0.29) is 13.2 Å². The average molecular weight is 329 g/mol. The molecule has 124 valence electrons. The smallest absolute Gasteiger partial charge is 0.404 e. The van der Waals surface area contributed by atoms with Gasteiger partial charge in [0.1, 0.15) is 24.8 Å². The topological polar surface area (TPSA) is 147 Å². The van der Waals surface area contributed by atoms with E-state index >= 15 is 0 Å². The Balaban J connectivity index is 1.71. The van der Waals surface area contributed by atoms with E-state index in [0.717, 1.165) is 11.1 Å². The summed E-state index contributed by atoms with van der Waals surface area (Å²) in [5.74, 6) is 1.60. The predicted octanol–water partition coefficient (Wildman–Crippen LogP) is 0.714. The molecule has 3 aromatic rings. The molecule has 0 aliphatic carbocycles. The third kappa shape index (κ3) is 3.43. The Labute approximate surface area is 136 Å². The van der Waals surface area contributed by atoms with Gasteiger partial charge in [0.15, 0.2) is 5.82 Å². The van der Waals surface area contributed by atoms with Crippen molar-refractivity contribution in [2.45, 2.75) is 0 Å². The molecule has 0 spiro atoms. The second-order valence-corrected chi connectivity index (χ2v) is 4.74. The average Bonchev–Trinajstić information content (AvgIpc) is 3.20. The Kier molecular flexibility index (Phi) is 4.27. The zero-order valence-electron chi connectivity index (χ0n) is 12.5. The van der Waals surface area contributed by atoms with Crippen LogP contribution in [0, 0.1) is 0 Å². The van der Waals surface area contributed by atoms with Gasteiger partial charge in [-0.05, 0) is 6.07 Å². The lowest BCUT2D eigenvalue weighted by Crippen LogP contribution is -2.17. The van der Waals surface area contributed by atoms with Crippen LogP contribution in [0.1, 0.15) is 0 Å². The Morgan fingerprint density at radius 2 is 2.21 bits per heavy atom. The third-order valence-electron chi connectivity index (χ3n) is 3.11. The third-order valence-corrected chi connectivity index (χ3v) is 3.11. The second-order valence-electron chi connectivity index (χ2n) is 4.74. The van der Waals surface area contributed by atoms with Crippen LogP contribution in [0.5, 0.6) is 5.75 Å². The van der Waals surface area contributed by atoms with Crippen molar-refractivity contribution in [3.05, 3.63) is 36.9 Å². The van der Waals surface area contributed by atoms with Crippen molar-refractivity contribution in [1.82, 2.24) is 25.0 Å². The van der Waals surface area contributed by atoms with Gasteiger partial charge in [-0.3, -0.25) is 5.10 Å². The summed E-state index contributed by atoms with van der Waals surface area (Å²) in [5.41, 5.74) is 12.2. The van der Waals surface area contributed by atoms with Crippen molar-refractivity contribution >= 4 is 11.9 Å². The number of amides is 1. The maximum absolute atomic E-state index is 10.5. The number of rotatable bonds is 6. The van der Waals surface area contributed by atoms with Gasteiger partial charge in [0, 0.05) is 29.6 Å². The van der Waals surface area contributed by atoms with E-state index in [1.165, 1.54) is 0 Å². The molecule has 0 saturated heterocycles. The number of aromatic amines is 1. The molecule has 0 radical (unpaired) electrons. The molecule has 5 N–H and O–H groups in total. The molecule has 10 nitrogen and oxygen atoms in total. The number of nitrogen functional groups attached to an aromatic ring is 1. The maximum Gasteiger partial charge on any atom is 0.404 e. The first kappa shape index (κ1) is 15.3. The molecule has 10 heteroatoms. The number of H-pyrrole nitrogens is 1. The highest BCUT2D eigenvalue weighted by Gasteiger charge is 2.09. The number of anilines is 1. The molecule has 0 bridgehead atoms. The normalized spacial score (nSPS) is 10.5. The Hall–Kier alpha value is -3.56. The van der Waals surface area contributed by atoms with E-state index < -0.39 is 6.09 Å². The van der Waals surface area contributed by atoms with E-state index in [4.69, 9.17) is 16.2 Å². The number of primary amides is 1. The highest BCUT2D eigenvalue weighted by molar-refractivity contribution is 5.72.